The first kappa shape index (κ1) is 11.5. The number of hydrogen-bond donors (Lipinski definition) is 3. The van der Waals surface area contributed by atoms with E-state index in [9.17, 15) is 14.0 Å². The van der Waals surface area contributed by atoms with Crippen LogP contribution in [0.3, 0.4) is 0 Å². The van der Waals surface area contributed by atoms with Gasteiger partial charge in [0, 0.05) is 11.3 Å². The number of hydrogen-bond acceptors (Lipinski definition) is 2. The molecule has 96 valence electrons. The van der Waals surface area contributed by atoms with Crippen molar-refractivity contribution in [1.82, 2.24) is 15.0 Å². The number of benzene rings is 1. The second kappa shape index (κ2) is 3.94. The summed E-state index contributed by atoms with van der Waals surface area (Å²) in [6.07, 6.45) is 0. The Morgan fingerprint density at radius 1 is 1.00 bits per heavy atom. The van der Waals surface area contributed by atoms with Crippen LogP contribution in [0.2, 0.25) is 0 Å². The summed E-state index contributed by atoms with van der Waals surface area (Å²) in [5, 5.41) is 0.365. The zero-order chi connectivity index (χ0) is 13.6. The lowest BCUT2D eigenvalue weighted by atomic mass is 10.0. The smallest absolute Gasteiger partial charge is 0.327 e. The van der Waals surface area contributed by atoms with Crippen LogP contribution in [0.15, 0.2) is 33.9 Å². The third-order valence-corrected chi connectivity index (χ3v) is 3.01. The Morgan fingerprint density at radius 3 is 2.37 bits per heavy atom. The van der Waals surface area contributed by atoms with Gasteiger partial charge in [0.15, 0.2) is 0 Å². The van der Waals surface area contributed by atoms with Crippen LogP contribution < -0.4 is 11.2 Å². The van der Waals surface area contributed by atoms with E-state index in [0.717, 1.165) is 5.69 Å². The van der Waals surface area contributed by atoms with Gasteiger partial charge in [-0.3, -0.25) is 14.8 Å². The van der Waals surface area contributed by atoms with Gasteiger partial charge >= 0.3 is 5.69 Å². The number of aromatic nitrogens is 3. The fourth-order valence-electron chi connectivity index (χ4n) is 2.23. The molecule has 0 atom stereocenters. The molecular formula is C13H10FN3O2. The van der Waals surface area contributed by atoms with E-state index in [-0.39, 0.29) is 5.82 Å². The van der Waals surface area contributed by atoms with Crippen LogP contribution in [0.1, 0.15) is 5.69 Å². The molecule has 0 aliphatic carbocycles. The fourth-order valence-corrected chi connectivity index (χ4v) is 2.23. The summed E-state index contributed by atoms with van der Waals surface area (Å²) < 4.78 is 13.0. The van der Waals surface area contributed by atoms with Crippen molar-refractivity contribution in [3.63, 3.8) is 0 Å². The number of nitrogens with one attached hydrogen (secondary N) is 3. The monoisotopic (exact) mass is 259 g/mol. The highest BCUT2D eigenvalue weighted by Crippen LogP contribution is 2.28. The second-order valence-corrected chi connectivity index (χ2v) is 4.29. The van der Waals surface area contributed by atoms with E-state index in [2.05, 4.69) is 15.0 Å². The second-order valence-electron chi connectivity index (χ2n) is 4.29. The Balaban J connectivity index is 2.41. The Bertz CT molecular complexity index is 872. The molecule has 2 aromatic heterocycles. The van der Waals surface area contributed by atoms with Crippen molar-refractivity contribution in [3.8, 4) is 11.1 Å². The molecule has 2 heterocycles. The maximum atomic E-state index is 13.0. The largest absolute Gasteiger partial charge is 0.344 e. The molecule has 0 unspecified atom stereocenters. The Labute approximate surface area is 106 Å². The molecular weight excluding hydrogens is 249 g/mol. The van der Waals surface area contributed by atoms with Crippen LogP contribution in [0.5, 0.6) is 0 Å². The first-order valence-electron chi connectivity index (χ1n) is 5.67. The third kappa shape index (κ3) is 1.77. The van der Waals surface area contributed by atoms with E-state index in [1.54, 1.807) is 19.1 Å². The van der Waals surface area contributed by atoms with Crippen molar-refractivity contribution in [1.29, 1.82) is 0 Å². The number of halogens is 1. The van der Waals surface area contributed by atoms with Crippen molar-refractivity contribution in [2.45, 2.75) is 6.92 Å². The van der Waals surface area contributed by atoms with Crippen LogP contribution in [0.25, 0.3) is 22.2 Å². The molecule has 3 aromatic rings. The molecule has 0 fully saturated rings. The number of aromatic amines is 3. The van der Waals surface area contributed by atoms with Gasteiger partial charge in [-0.1, -0.05) is 12.1 Å². The van der Waals surface area contributed by atoms with Crippen LogP contribution >= 0.6 is 0 Å². The average molecular weight is 259 g/mol. The lowest BCUT2D eigenvalue weighted by Crippen LogP contribution is -2.21. The number of fused-ring (bicyclic) bond motifs is 1. The Kier molecular flexibility index (Phi) is 2.38. The van der Waals surface area contributed by atoms with Crippen molar-refractivity contribution >= 4 is 11.0 Å². The van der Waals surface area contributed by atoms with E-state index < -0.39 is 11.2 Å². The van der Waals surface area contributed by atoms with Gasteiger partial charge in [0.2, 0.25) is 0 Å². The van der Waals surface area contributed by atoms with Gasteiger partial charge in [0.05, 0.1) is 5.39 Å². The summed E-state index contributed by atoms with van der Waals surface area (Å²) in [6.45, 7) is 1.79. The molecule has 0 spiro atoms. The van der Waals surface area contributed by atoms with Crippen LogP contribution in [-0.4, -0.2) is 15.0 Å². The molecule has 0 saturated heterocycles. The summed E-state index contributed by atoms with van der Waals surface area (Å²) in [5.41, 5.74) is 1.43. The van der Waals surface area contributed by atoms with E-state index >= 15 is 0 Å². The predicted octanol–water partition coefficient (Wildman–Crippen LogP) is 1.66. The molecule has 0 amide bonds. The predicted molar refractivity (Wildman–Crippen MR) is 69.7 cm³/mol. The highest BCUT2D eigenvalue weighted by molar-refractivity contribution is 5.94. The minimum atomic E-state index is -0.565. The van der Waals surface area contributed by atoms with Gasteiger partial charge in [0.25, 0.3) is 5.56 Å². The first-order chi connectivity index (χ1) is 9.06. The average Bonchev–Trinajstić information content (AvgIpc) is 2.66. The standard InChI is InChI=1S/C13H10FN3O2/c1-6-9(7-2-4-8(14)5-3-7)10-11(15-6)16-13(19)17-12(10)18/h2-5H,1H3,(H3,15,16,17,18,19). The maximum absolute atomic E-state index is 13.0. The summed E-state index contributed by atoms with van der Waals surface area (Å²) in [5.74, 6) is -0.344. The lowest BCUT2D eigenvalue weighted by Gasteiger charge is -2.00. The number of aryl methyl sites for hydroxylation is 1. The molecule has 3 N–H and O–H groups in total. The van der Waals surface area contributed by atoms with E-state index in [0.29, 0.717) is 22.2 Å². The molecule has 5 nitrogen and oxygen atoms in total. The Morgan fingerprint density at radius 2 is 1.68 bits per heavy atom. The summed E-state index contributed by atoms with van der Waals surface area (Å²) in [4.78, 5) is 30.8. The molecule has 19 heavy (non-hydrogen) atoms. The minimum Gasteiger partial charge on any atom is -0.344 e. The zero-order valence-corrected chi connectivity index (χ0v) is 10.0. The van der Waals surface area contributed by atoms with Gasteiger partial charge in [-0.25, -0.2) is 9.18 Å². The van der Waals surface area contributed by atoms with Crippen molar-refractivity contribution in [3.05, 3.63) is 56.6 Å². The van der Waals surface area contributed by atoms with E-state index in [1.807, 2.05) is 0 Å². The van der Waals surface area contributed by atoms with Gasteiger partial charge in [-0.2, -0.15) is 0 Å². The van der Waals surface area contributed by atoms with Crippen molar-refractivity contribution in [2.24, 2.45) is 0 Å². The summed E-state index contributed by atoms with van der Waals surface area (Å²) in [7, 11) is 0. The summed E-state index contributed by atoms with van der Waals surface area (Å²) >= 11 is 0. The minimum absolute atomic E-state index is 0.344. The molecule has 1 aromatic carbocycles. The highest BCUT2D eigenvalue weighted by atomic mass is 19.1. The van der Waals surface area contributed by atoms with E-state index in [4.69, 9.17) is 0 Å². The first-order valence-corrected chi connectivity index (χ1v) is 5.67. The van der Waals surface area contributed by atoms with Crippen LogP contribution in [0, 0.1) is 12.7 Å². The van der Waals surface area contributed by atoms with Crippen molar-refractivity contribution < 1.29 is 4.39 Å². The maximum Gasteiger partial charge on any atom is 0.327 e. The van der Waals surface area contributed by atoms with Crippen molar-refractivity contribution in [2.75, 3.05) is 0 Å². The zero-order valence-electron chi connectivity index (χ0n) is 10.0. The number of rotatable bonds is 1. The SMILES string of the molecule is Cc1[nH]c2[nH]c(=O)[nH]c(=O)c2c1-c1ccc(F)cc1. The molecule has 0 bridgehead atoms. The van der Waals surface area contributed by atoms with Crippen LogP contribution in [-0.2, 0) is 0 Å². The van der Waals surface area contributed by atoms with Gasteiger partial charge < -0.3 is 4.98 Å². The molecule has 0 aliphatic heterocycles. The van der Waals surface area contributed by atoms with Gasteiger partial charge in [-0.15, -0.1) is 0 Å². The quantitative estimate of drug-likeness (QED) is 0.621. The molecule has 3 rings (SSSR count). The fraction of sp³-hybridized carbons (Fsp3) is 0.0769. The third-order valence-electron chi connectivity index (χ3n) is 3.01. The van der Waals surface area contributed by atoms with Gasteiger partial charge in [0.1, 0.15) is 11.5 Å². The topological polar surface area (TPSA) is 81.5 Å². The highest BCUT2D eigenvalue weighted by Gasteiger charge is 2.14. The molecule has 6 heteroatoms. The normalized spacial score (nSPS) is 11.1. The van der Waals surface area contributed by atoms with Crippen LogP contribution in [0.4, 0.5) is 4.39 Å². The molecule has 0 aliphatic rings. The number of H-pyrrole nitrogens is 3. The lowest BCUT2D eigenvalue weighted by molar-refractivity contribution is 0.628. The Hall–Kier alpha value is -2.63. The van der Waals surface area contributed by atoms with Gasteiger partial charge in [-0.05, 0) is 24.6 Å². The molecule has 0 saturated carbocycles. The molecule has 0 radical (unpaired) electrons. The van der Waals surface area contributed by atoms with E-state index in [1.165, 1.54) is 12.1 Å². The summed E-state index contributed by atoms with van der Waals surface area (Å²) in [6, 6.07) is 5.84.